The third-order valence-corrected chi connectivity index (χ3v) is 3.02. The standard InChI is InChI=1S/C15H20O6/c1-2-18-7-8-19-9-10-20-12-5-3-11(4-6-12)13-14(21-13)15(16)17/h3-6,13-14H,2,7-10H2,1H3,(H,16,17)/t13?,14-/m0/s1. The van der Waals surface area contributed by atoms with Crippen LogP contribution in [0.4, 0.5) is 0 Å². The van der Waals surface area contributed by atoms with Crippen molar-refractivity contribution >= 4 is 5.97 Å². The van der Waals surface area contributed by atoms with Crippen LogP contribution in [0.3, 0.4) is 0 Å². The number of aliphatic carboxylic acids is 1. The molecule has 1 saturated heterocycles. The van der Waals surface area contributed by atoms with Crippen LogP contribution in [-0.4, -0.2) is 50.2 Å². The monoisotopic (exact) mass is 296 g/mol. The van der Waals surface area contributed by atoms with Crippen LogP contribution in [0.15, 0.2) is 24.3 Å². The van der Waals surface area contributed by atoms with Crippen molar-refractivity contribution in [2.45, 2.75) is 19.1 Å². The fourth-order valence-electron chi connectivity index (χ4n) is 1.89. The van der Waals surface area contributed by atoms with Gasteiger partial charge >= 0.3 is 5.97 Å². The van der Waals surface area contributed by atoms with E-state index in [-0.39, 0.29) is 6.10 Å². The number of ether oxygens (including phenoxy) is 4. The van der Waals surface area contributed by atoms with E-state index < -0.39 is 12.1 Å². The van der Waals surface area contributed by atoms with Crippen molar-refractivity contribution in [2.24, 2.45) is 0 Å². The normalized spacial score (nSPS) is 20.2. The maximum Gasteiger partial charge on any atom is 0.335 e. The zero-order chi connectivity index (χ0) is 15.1. The fraction of sp³-hybridized carbons (Fsp3) is 0.533. The molecule has 1 aliphatic heterocycles. The van der Waals surface area contributed by atoms with Crippen LogP contribution in [0, 0.1) is 0 Å². The van der Waals surface area contributed by atoms with Gasteiger partial charge in [0, 0.05) is 6.61 Å². The number of hydrogen-bond acceptors (Lipinski definition) is 5. The van der Waals surface area contributed by atoms with Gasteiger partial charge < -0.3 is 24.1 Å². The predicted octanol–water partition coefficient (Wildman–Crippen LogP) is 1.64. The molecule has 1 aromatic carbocycles. The van der Waals surface area contributed by atoms with Crippen LogP contribution in [0.1, 0.15) is 18.6 Å². The summed E-state index contributed by atoms with van der Waals surface area (Å²) in [4.78, 5) is 10.7. The molecule has 0 radical (unpaired) electrons. The van der Waals surface area contributed by atoms with Gasteiger partial charge in [-0.25, -0.2) is 4.79 Å². The van der Waals surface area contributed by atoms with Crippen molar-refractivity contribution in [2.75, 3.05) is 33.0 Å². The van der Waals surface area contributed by atoms with Crippen LogP contribution < -0.4 is 4.74 Å². The lowest BCUT2D eigenvalue weighted by Crippen LogP contribution is -2.10. The van der Waals surface area contributed by atoms with Gasteiger partial charge in [0.15, 0.2) is 6.10 Å². The number of carbonyl (C=O) groups is 1. The van der Waals surface area contributed by atoms with Crippen molar-refractivity contribution < 1.29 is 28.8 Å². The molecule has 1 aliphatic rings. The summed E-state index contributed by atoms with van der Waals surface area (Å²) in [5, 5.41) is 8.79. The average Bonchev–Trinajstić information content (AvgIpc) is 3.28. The molecule has 2 rings (SSSR count). The third kappa shape index (κ3) is 5.00. The summed E-state index contributed by atoms with van der Waals surface area (Å²) >= 11 is 0. The molecule has 1 aromatic rings. The molecule has 116 valence electrons. The van der Waals surface area contributed by atoms with Gasteiger partial charge in [0.05, 0.1) is 19.8 Å². The van der Waals surface area contributed by atoms with E-state index in [4.69, 9.17) is 24.1 Å². The summed E-state index contributed by atoms with van der Waals surface area (Å²) in [7, 11) is 0. The highest BCUT2D eigenvalue weighted by atomic mass is 16.6. The van der Waals surface area contributed by atoms with Gasteiger partial charge in [0.2, 0.25) is 0 Å². The molecule has 1 unspecified atom stereocenters. The molecular formula is C15H20O6. The van der Waals surface area contributed by atoms with Crippen molar-refractivity contribution in [1.29, 1.82) is 0 Å². The largest absolute Gasteiger partial charge is 0.491 e. The summed E-state index contributed by atoms with van der Waals surface area (Å²) in [6.45, 7) is 4.76. The molecule has 0 amide bonds. The molecule has 2 atom stereocenters. The molecular weight excluding hydrogens is 276 g/mol. The van der Waals surface area contributed by atoms with E-state index in [2.05, 4.69) is 0 Å². The molecule has 1 heterocycles. The Balaban J connectivity index is 1.63. The van der Waals surface area contributed by atoms with Crippen LogP contribution in [0.25, 0.3) is 0 Å². The molecule has 0 bridgehead atoms. The van der Waals surface area contributed by atoms with Gasteiger partial charge in [-0.3, -0.25) is 0 Å². The molecule has 0 aliphatic carbocycles. The molecule has 1 fully saturated rings. The van der Waals surface area contributed by atoms with Gasteiger partial charge in [0.1, 0.15) is 18.5 Å². The van der Waals surface area contributed by atoms with E-state index in [1.807, 2.05) is 19.1 Å². The molecule has 6 nitrogen and oxygen atoms in total. The minimum atomic E-state index is -0.926. The Hall–Kier alpha value is -1.63. The highest BCUT2D eigenvalue weighted by Gasteiger charge is 2.46. The highest BCUT2D eigenvalue weighted by Crippen LogP contribution is 2.39. The number of epoxide rings is 1. The summed E-state index contributed by atoms with van der Waals surface area (Å²) < 4.78 is 21.1. The molecule has 21 heavy (non-hydrogen) atoms. The van der Waals surface area contributed by atoms with Crippen molar-refractivity contribution in [1.82, 2.24) is 0 Å². The lowest BCUT2D eigenvalue weighted by Gasteiger charge is -2.07. The maximum atomic E-state index is 10.7. The molecule has 6 heteroatoms. The second-order valence-corrected chi connectivity index (χ2v) is 4.54. The van der Waals surface area contributed by atoms with E-state index >= 15 is 0 Å². The molecule has 0 aromatic heterocycles. The fourth-order valence-corrected chi connectivity index (χ4v) is 1.89. The van der Waals surface area contributed by atoms with Gasteiger partial charge in [-0.05, 0) is 24.6 Å². The zero-order valence-corrected chi connectivity index (χ0v) is 12.0. The van der Waals surface area contributed by atoms with Crippen molar-refractivity contribution in [3.05, 3.63) is 29.8 Å². The Morgan fingerprint density at radius 2 is 1.81 bits per heavy atom. The minimum Gasteiger partial charge on any atom is -0.491 e. The van der Waals surface area contributed by atoms with E-state index in [1.54, 1.807) is 12.1 Å². The first-order valence-electron chi connectivity index (χ1n) is 6.99. The van der Waals surface area contributed by atoms with Gasteiger partial charge in [0.25, 0.3) is 0 Å². The first-order chi connectivity index (χ1) is 10.2. The van der Waals surface area contributed by atoms with E-state index in [0.717, 1.165) is 11.3 Å². The Bertz CT molecular complexity index is 444. The number of carboxylic acid groups (broad SMARTS) is 1. The maximum absolute atomic E-state index is 10.7. The topological polar surface area (TPSA) is 77.5 Å². The Morgan fingerprint density at radius 3 is 2.43 bits per heavy atom. The molecule has 1 N–H and O–H groups in total. The Morgan fingerprint density at radius 1 is 1.14 bits per heavy atom. The van der Waals surface area contributed by atoms with Crippen molar-refractivity contribution in [3.63, 3.8) is 0 Å². The Labute approximate surface area is 123 Å². The summed E-state index contributed by atoms with van der Waals surface area (Å²) in [6.07, 6.45) is -1.05. The van der Waals surface area contributed by atoms with E-state index in [1.165, 1.54) is 0 Å². The average molecular weight is 296 g/mol. The van der Waals surface area contributed by atoms with Crippen LogP contribution in [-0.2, 0) is 19.0 Å². The minimum absolute atomic E-state index is 0.335. The van der Waals surface area contributed by atoms with Crippen LogP contribution in [0.2, 0.25) is 0 Å². The quantitative estimate of drug-likeness (QED) is 0.522. The summed E-state index contributed by atoms with van der Waals surface area (Å²) in [5.74, 6) is -0.204. The zero-order valence-electron chi connectivity index (χ0n) is 12.0. The van der Waals surface area contributed by atoms with E-state index in [0.29, 0.717) is 33.0 Å². The number of rotatable bonds is 10. The first kappa shape index (κ1) is 15.8. The Kier molecular flexibility index (Phi) is 5.98. The van der Waals surface area contributed by atoms with Crippen LogP contribution in [0.5, 0.6) is 5.75 Å². The smallest absolute Gasteiger partial charge is 0.335 e. The number of benzene rings is 1. The summed E-state index contributed by atoms with van der Waals surface area (Å²) in [5.41, 5.74) is 0.850. The molecule has 0 saturated carbocycles. The van der Waals surface area contributed by atoms with Crippen molar-refractivity contribution in [3.8, 4) is 5.75 Å². The highest BCUT2D eigenvalue weighted by molar-refractivity contribution is 5.76. The lowest BCUT2D eigenvalue weighted by molar-refractivity contribution is -0.138. The molecule has 0 spiro atoms. The number of carboxylic acids is 1. The predicted molar refractivity (Wildman–Crippen MR) is 74.5 cm³/mol. The SMILES string of the molecule is CCOCCOCCOc1ccc(C2O[C@@H]2C(=O)O)cc1. The first-order valence-corrected chi connectivity index (χ1v) is 6.99. The van der Waals surface area contributed by atoms with Crippen LogP contribution >= 0.6 is 0 Å². The second-order valence-electron chi connectivity index (χ2n) is 4.54. The third-order valence-electron chi connectivity index (χ3n) is 3.02. The number of hydrogen-bond donors (Lipinski definition) is 1. The van der Waals surface area contributed by atoms with Gasteiger partial charge in [-0.15, -0.1) is 0 Å². The summed E-state index contributed by atoms with van der Waals surface area (Å²) in [6, 6.07) is 7.24. The van der Waals surface area contributed by atoms with Gasteiger partial charge in [-0.2, -0.15) is 0 Å². The van der Waals surface area contributed by atoms with Gasteiger partial charge in [-0.1, -0.05) is 12.1 Å². The second kappa shape index (κ2) is 7.97. The lowest BCUT2D eigenvalue weighted by atomic mass is 10.1. The van der Waals surface area contributed by atoms with E-state index in [9.17, 15) is 4.79 Å².